The lowest BCUT2D eigenvalue weighted by molar-refractivity contribution is -0.119. The zero-order valence-corrected chi connectivity index (χ0v) is 7.91. The van der Waals surface area contributed by atoms with Crippen molar-refractivity contribution in [3.05, 3.63) is 0 Å². The number of thiol groups is 1. The quantitative estimate of drug-likeness (QED) is 0.620. The third kappa shape index (κ3) is 2.94. The van der Waals surface area contributed by atoms with E-state index >= 15 is 0 Å². The van der Waals surface area contributed by atoms with Gasteiger partial charge in [-0.1, -0.05) is 0 Å². The maximum absolute atomic E-state index is 11.1. The van der Waals surface area contributed by atoms with Crippen LogP contribution in [0.5, 0.6) is 0 Å². The van der Waals surface area contributed by atoms with E-state index < -0.39 is 6.04 Å². The van der Waals surface area contributed by atoms with Crippen molar-refractivity contribution in [3.63, 3.8) is 0 Å². The van der Waals surface area contributed by atoms with Crippen LogP contribution < -0.4 is 5.73 Å². The van der Waals surface area contributed by atoms with Crippen molar-refractivity contribution in [1.29, 1.82) is 0 Å². The maximum atomic E-state index is 11.1. The Morgan fingerprint density at radius 2 is 2.30 bits per heavy atom. The molecule has 0 aromatic carbocycles. The summed E-state index contributed by atoms with van der Waals surface area (Å²) in [6.45, 7) is 1.86. The standard InChI is InChI=1S/C6H13NOS2/c1-4(10-2)6(8)5(7)3-9/h4-5,9H,3,7H2,1-2H3. The number of carbonyl (C=O) groups is 1. The van der Waals surface area contributed by atoms with Crippen LogP contribution in [0.3, 0.4) is 0 Å². The summed E-state index contributed by atoms with van der Waals surface area (Å²) in [5.41, 5.74) is 5.45. The van der Waals surface area contributed by atoms with Crippen LogP contribution in [0.2, 0.25) is 0 Å². The number of thioether (sulfide) groups is 1. The zero-order valence-electron chi connectivity index (χ0n) is 6.20. The Kier molecular flexibility index (Phi) is 5.21. The van der Waals surface area contributed by atoms with Gasteiger partial charge in [-0.05, 0) is 13.2 Å². The van der Waals surface area contributed by atoms with Crippen LogP contribution >= 0.6 is 24.4 Å². The van der Waals surface area contributed by atoms with Gasteiger partial charge in [0.15, 0.2) is 5.78 Å². The topological polar surface area (TPSA) is 43.1 Å². The van der Waals surface area contributed by atoms with Gasteiger partial charge in [0.25, 0.3) is 0 Å². The zero-order chi connectivity index (χ0) is 8.15. The second-order valence-corrected chi connectivity index (χ2v) is 3.61. The largest absolute Gasteiger partial charge is 0.321 e. The van der Waals surface area contributed by atoms with Crippen LogP contribution in [-0.4, -0.2) is 29.1 Å². The molecule has 0 spiro atoms. The fourth-order valence-electron chi connectivity index (χ4n) is 0.508. The number of hydrogen-bond acceptors (Lipinski definition) is 4. The number of carbonyl (C=O) groups excluding carboxylic acids is 1. The van der Waals surface area contributed by atoms with E-state index in [1.54, 1.807) is 0 Å². The Morgan fingerprint density at radius 3 is 2.60 bits per heavy atom. The summed E-state index contributed by atoms with van der Waals surface area (Å²) >= 11 is 5.45. The molecule has 0 aromatic heterocycles. The minimum absolute atomic E-state index is 0.00199. The van der Waals surface area contributed by atoms with Gasteiger partial charge in [0.1, 0.15) is 0 Å². The van der Waals surface area contributed by atoms with E-state index in [0.29, 0.717) is 5.75 Å². The van der Waals surface area contributed by atoms with E-state index in [-0.39, 0.29) is 11.0 Å². The molecule has 0 rings (SSSR count). The normalized spacial score (nSPS) is 16.4. The lowest BCUT2D eigenvalue weighted by Gasteiger charge is -2.11. The Morgan fingerprint density at radius 1 is 1.80 bits per heavy atom. The third-order valence-corrected chi connectivity index (χ3v) is 2.65. The SMILES string of the molecule is CSC(C)C(=O)C(N)CS. The van der Waals surface area contributed by atoms with Crippen molar-refractivity contribution in [2.45, 2.75) is 18.2 Å². The van der Waals surface area contributed by atoms with Gasteiger partial charge in [0.05, 0.1) is 11.3 Å². The summed E-state index contributed by atoms with van der Waals surface area (Å²) in [6.07, 6.45) is 1.90. The molecule has 60 valence electrons. The van der Waals surface area contributed by atoms with E-state index in [2.05, 4.69) is 12.6 Å². The lowest BCUT2D eigenvalue weighted by Crippen LogP contribution is -2.37. The molecule has 0 aliphatic rings. The minimum atomic E-state index is -0.397. The molecule has 0 aromatic rings. The van der Waals surface area contributed by atoms with Gasteiger partial charge < -0.3 is 5.73 Å². The van der Waals surface area contributed by atoms with Crippen molar-refractivity contribution in [2.24, 2.45) is 5.73 Å². The van der Waals surface area contributed by atoms with Crippen LogP contribution in [0.25, 0.3) is 0 Å². The molecule has 0 saturated heterocycles. The summed E-state index contributed by atoms with van der Waals surface area (Å²) in [6, 6.07) is -0.397. The number of Topliss-reactive ketones (excluding diaryl/α,β-unsaturated/α-hetero) is 1. The predicted molar refractivity (Wildman–Crippen MR) is 49.8 cm³/mol. The van der Waals surface area contributed by atoms with Crippen LogP contribution in [0.4, 0.5) is 0 Å². The fourth-order valence-corrected chi connectivity index (χ4v) is 1.09. The fraction of sp³-hybridized carbons (Fsp3) is 0.833. The van der Waals surface area contributed by atoms with Crippen LogP contribution in [0.1, 0.15) is 6.92 Å². The molecule has 10 heavy (non-hydrogen) atoms. The van der Waals surface area contributed by atoms with Crippen molar-refractivity contribution in [1.82, 2.24) is 0 Å². The summed E-state index contributed by atoms with van der Waals surface area (Å²) in [5, 5.41) is 0.00199. The van der Waals surface area contributed by atoms with Crippen LogP contribution in [0, 0.1) is 0 Å². The van der Waals surface area contributed by atoms with Crippen LogP contribution in [0.15, 0.2) is 0 Å². The molecule has 2 atom stereocenters. The van der Waals surface area contributed by atoms with Gasteiger partial charge >= 0.3 is 0 Å². The molecular weight excluding hydrogens is 166 g/mol. The summed E-state index contributed by atoms with van der Waals surface area (Å²) in [4.78, 5) is 11.1. The lowest BCUT2D eigenvalue weighted by atomic mass is 10.2. The van der Waals surface area contributed by atoms with Crippen molar-refractivity contribution in [2.75, 3.05) is 12.0 Å². The van der Waals surface area contributed by atoms with Gasteiger partial charge in [-0.2, -0.15) is 24.4 Å². The summed E-state index contributed by atoms with van der Waals surface area (Å²) in [5.74, 6) is 0.520. The summed E-state index contributed by atoms with van der Waals surface area (Å²) < 4.78 is 0. The smallest absolute Gasteiger partial charge is 0.162 e. The van der Waals surface area contributed by atoms with Gasteiger partial charge in [0, 0.05) is 5.75 Å². The molecule has 0 bridgehead atoms. The van der Waals surface area contributed by atoms with Crippen molar-refractivity contribution in [3.8, 4) is 0 Å². The van der Waals surface area contributed by atoms with Gasteiger partial charge in [-0.3, -0.25) is 4.79 Å². The molecule has 2 N–H and O–H groups in total. The van der Waals surface area contributed by atoms with Gasteiger partial charge in [-0.25, -0.2) is 0 Å². The number of ketones is 1. The van der Waals surface area contributed by atoms with E-state index in [1.807, 2.05) is 13.2 Å². The molecule has 2 unspecified atom stereocenters. The summed E-state index contributed by atoms with van der Waals surface area (Å²) in [7, 11) is 0. The van der Waals surface area contributed by atoms with Crippen LogP contribution in [-0.2, 0) is 4.79 Å². The Labute approximate surface area is 71.3 Å². The minimum Gasteiger partial charge on any atom is -0.321 e. The van der Waals surface area contributed by atoms with Crippen molar-refractivity contribution >= 4 is 30.2 Å². The first kappa shape index (κ1) is 10.3. The first-order chi connectivity index (χ1) is 4.63. The number of nitrogens with two attached hydrogens (primary N) is 1. The highest BCUT2D eigenvalue weighted by Crippen LogP contribution is 2.07. The highest BCUT2D eigenvalue weighted by atomic mass is 32.2. The molecule has 4 heteroatoms. The molecule has 0 amide bonds. The predicted octanol–water partition coefficient (Wildman–Crippen LogP) is 0.564. The molecule has 0 aliphatic carbocycles. The Bertz CT molecular complexity index is 106. The second kappa shape index (κ2) is 5.04. The molecule has 2 nitrogen and oxygen atoms in total. The van der Waals surface area contributed by atoms with Gasteiger partial charge in [0.2, 0.25) is 0 Å². The van der Waals surface area contributed by atoms with E-state index in [4.69, 9.17) is 5.73 Å². The van der Waals surface area contributed by atoms with Crippen molar-refractivity contribution < 1.29 is 4.79 Å². The molecular formula is C6H13NOS2. The Hall–Kier alpha value is 0.330. The Balaban J connectivity index is 3.82. The van der Waals surface area contributed by atoms with E-state index in [9.17, 15) is 4.79 Å². The molecule has 0 heterocycles. The first-order valence-electron chi connectivity index (χ1n) is 3.06. The maximum Gasteiger partial charge on any atom is 0.162 e. The third-order valence-electron chi connectivity index (χ3n) is 1.32. The van der Waals surface area contributed by atoms with E-state index in [0.717, 1.165) is 0 Å². The monoisotopic (exact) mass is 179 g/mol. The average Bonchev–Trinajstić information content (AvgIpc) is 2.00. The number of rotatable bonds is 4. The average molecular weight is 179 g/mol. The number of hydrogen-bond donors (Lipinski definition) is 2. The first-order valence-corrected chi connectivity index (χ1v) is 4.98. The van der Waals surface area contributed by atoms with E-state index in [1.165, 1.54) is 11.8 Å². The molecule has 0 fully saturated rings. The second-order valence-electron chi connectivity index (χ2n) is 2.07. The molecule has 0 saturated carbocycles. The van der Waals surface area contributed by atoms with Gasteiger partial charge in [-0.15, -0.1) is 0 Å². The molecule has 0 aliphatic heterocycles. The molecule has 0 radical (unpaired) electrons. The highest BCUT2D eigenvalue weighted by molar-refractivity contribution is 7.99. The highest BCUT2D eigenvalue weighted by Gasteiger charge is 2.17.